The van der Waals surface area contributed by atoms with Crippen molar-refractivity contribution in [2.24, 2.45) is 0 Å². The minimum atomic E-state index is -0.914. The molecule has 1 atom stereocenters. The Labute approximate surface area is 185 Å². The molecule has 0 fully saturated rings. The zero-order valence-electron chi connectivity index (χ0n) is 18.8. The Kier molecular flexibility index (Phi) is 5.86. The van der Waals surface area contributed by atoms with Gasteiger partial charge >= 0.3 is 0 Å². The van der Waals surface area contributed by atoms with Crippen molar-refractivity contribution >= 4 is 17.4 Å². The third kappa shape index (κ3) is 3.23. The molecule has 1 unspecified atom stereocenters. The summed E-state index contributed by atoms with van der Waals surface area (Å²) >= 11 is 0. The molecule has 3 aromatic rings. The van der Waals surface area contributed by atoms with Crippen LogP contribution in [0.1, 0.15) is 66.7 Å². The normalized spacial score (nSPS) is 14.3. The van der Waals surface area contributed by atoms with Gasteiger partial charge in [-0.3, -0.25) is 9.59 Å². The van der Waals surface area contributed by atoms with E-state index in [0.29, 0.717) is 34.6 Å². The first-order valence-corrected chi connectivity index (χ1v) is 11.1. The lowest BCUT2D eigenvalue weighted by Crippen LogP contribution is -2.26. The summed E-state index contributed by atoms with van der Waals surface area (Å²) in [7, 11) is 0. The molecule has 0 saturated carbocycles. The quantitative estimate of drug-likeness (QED) is 0.485. The number of aryl methyl sites for hydroxylation is 2. The van der Waals surface area contributed by atoms with Gasteiger partial charge in [0.1, 0.15) is 12.4 Å². The SMILES string of the molecule is CC.Cc1c(F)cc2nc3c(c4c2c1CCC4)Cn1c-3cc(C(C)O)c(COC=O)c1=O. The van der Waals surface area contributed by atoms with Crippen LogP contribution in [0.15, 0.2) is 16.9 Å². The average molecular weight is 438 g/mol. The minimum absolute atomic E-state index is 0.198. The molecule has 0 spiro atoms. The second-order valence-corrected chi connectivity index (χ2v) is 8.07. The van der Waals surface area contributed by atoms with E-state index in [-0.39, 0.29) is 30.0 Å². The van der Waals surface area contributed by atoms with Gasteiger partial charge in [0.15, 0.2) is 0 Å². The maximum Gasteiger partial charge on any atom is 0.293 e. The van der Waals surface area contributed by atoms with Gasteiger partial charge in [-0.05, 0) is 61.4 Å². The maximum absolute atomic E-state index is 14.5. The molecule has 2 aliphatic rings. The van der Waals surface area contributed by atoms with Gasteiger partial charge in [0.25, 0.3) is 12.0 Å². The highest BCUT2D eigenvalue weighted by Gasteiger charge is 2.31. The van der Waals surface area contributed by atoms with Crippen LogP contribution in [0.3, 0.4) is 0 Å². The van der Waals surface area contributed by atoms with Crippen molar-refractivity contribution in [1.82, 2.24) is 9.55 Å². The summed E-state index contributed by atoms with van der Waals surface area (Å²) in [5.41, 5.74) is 6.02. The molecule has 7 heteroatoms. The molecule has 1 aliphatic carbocycles. The lowest BCUT2D eigenvalue weighted by molar-refractivity contribution is -0.129. The summed E-state index contributed by atoms with van der Waals surface area (Å²) in [6.07, 6.45) is 1.68. The van der Waals surface area contributed by atoms with E-state index in [4.69, 9.17) is 9.72 Å². The van der Waals surface area contributed by atoms with Gasteiger partial charge in [-0.2, -0.15) is 0 Å². The minimum Gasteiger partial charge on any atom is -0.463 e. The number of ether oxygens (including phenoxy) is 1. The lowest BCUT2D eigenvalue weighted by Gasteiger charge is -2.21. The van der Waals surface area contributed by atoms with Crippen LogP contribution >= 0.6 is 0 Å². The first-order chi connectivity index (χ1) is 15.4. The fourth-order valence-electron chi connectivity index (χ4n) is 4.96. The molecule has 0 bridgehead atoms. The lowest BCUT2D eigenvalue weighted by atomic mass is 9.85. The zero-order chi connectivity index (χ0) is 23.2. The number of hydrogen-bond donors (Lipinski definition) is 1. The molecule has 3 heterocycles. The number of aliphatic hydroxyl groups excluding tert-OH is 1. The summed E-state index contributed by atoms with van der Waals surface area (Å²) in [4.78, 5) is 28.6. The summed E-state index contributed by atoms with van der Waals surface area (Å²) in [5, 5.41) is 11.2. The topological polar surface area (TPSA) is 81.4 Å². The third-order valence-electron chi connectivity index (χ3n) is 6.41. The van der Waals surface area contributed by atoms with Crippen molar-refractivity contribution in [3.8, 4) is 11.4 Å². The van der Waals surface area contributed by atoms with E-state index in [1.165, 1.54) is 6.07 Å². The monoisotopic (exact) mass is 438 g/mol. The van der Waals surface area contributed by atoms with Gasteiger partial charge in [0.2, 0.25) is 0 Å². The number of nitrogens with zero attached hydrogens (tertiary/aromatic N) is 2. The van der Waals surface area contributed by atoms with E-state index in [1.807, 2.05) is 13.8 Å². The van der Waals surface area contributed by atoms with E-state index in [0.717, 1.165) is 41.3 Å². The number of rotatable bonds is 4. The zero-order valence-corrected chi connectivity index (χ0v) is 18.8. The predicted octanol–water partition coefficient (Wildman–Crippen LogP) is 4.11. The van der Waals surface area contributed by atoms with Crippen LogP contribution in [0.2, 0.25) is 0 Å². The van der Waals surface area contributed by atoms with Crippen LogP contribution < -0.4 is 5.56 Å². The highest BCUT2D eigenvalue weighted by molar-refractivity contribution is 5.92. The third-order valence-corrected chi connectivity index (χ3v) is 6.41. The van der Waals surface area contributed by atoms with Crippen molar-refractivity contribution in [2.45, 2.75) is 66.2 Å². The van der Waals surface area contributed by atoms with Crippen molar-refractivity contribution < 1.29 is 19.0 Å². The Balaban J connectivity index is 0.00000119. The van der Waals surface area contributed by atoms with Gasteiger partial charge in [-0.25, -0.2) is 9.37 Å². The molecule has 5 rings (SSSR count). The number of fused-ring (bicyclic) bond motifs is 4. The fourth-order valence-corrected chi connectivity index (χ4v) is 4.96. The molecule has 32 heavy (non-hydrogen) atoms. The second kappa shape index (κ2) is 8.47. The highest BCUT2D eigenvalue weighted by Crippen LogP contribution is 2.41. The van der Waals surface area contributed by atoms with Gasteiger partial charge in [-0.1, -0.05) is 13.8 Å². The van der Waals surface area contributed by atoms with E-state index >= 15 is 0 Å². The van der Waals surface area contributed by atoms with Crippen molar-refractivity contribution in [1.29, 1.82) is 0 Å². The number of pyridine rings is 2. The smallest absolute Gasteiger partial charge is 0.293 e. The number of carbonyl (C=O) groups excluding carboxylic acids is 1. The number of hydrogen-bond acceptors (Lipinski definition) is 5. The molecule has 1 N–H and O–H groups in total. The van der Waals surface area contributed by atoms with Crippen LogP contribution in [0.5, 0.6) is 0 Å². The molecule has 168 valence electrons. The Bertz CT molecular complexity index is 1290. The van der Waals surface area contributed by atoms with Crippen LogP contribution in [-0.4, -0.2) is 21.1 Å². The van der Waals surface area contributed by atoms with Crippen LogP contribution in [0.25, 0.3) is 22.3 Å². The van der Waals surface area contributed by atoms with Crippen LogP contribution in [0, 0.1) is 12.7 Å². The van der Waals surface area contributed by atoms with Crippen LogP contribution in [-0.2, 0) is 35.5 Å². The van der Waals surface area contributed by atoms with E-state index in [9.17, 15) is 19.1 Å². The van der Waals surface area contributed by atoms with Gasteiger partial charge < -0.3 is 14.4 Å². The molecular weight excluding hydrogens is 411 g/mol. The van der Waals surface area contributed by atoms with E-state index in [2.05, 4.69) is 0 Å². The largest absolute Gasteiger partial charge is 0.463 e. The standard InChI is InChI=1S/C23H21FN2O4.C2H6/c1-11-13-4-3-5-14-16-8-26-20(22(16)25-19(21(13)14)7-18(11)24)6-15(12(2)28)17(23(26)29)9-30-10-27;1-2/h6-7,10,12,28H,3-5,8-9H2,1-2H3;1-2H3. The Morgan fingerprint density at radius 1 is 1.25 bits per heavy atom. The average Bonchev–Trinajstić information content (AvgIpc) is 3.17. The van der Waals surface area contributed by atoms with Crippen molar-refractivity contribution in [3.63, 3.8) is 0 Å². The number of benzene rings is 1. The maximum atomic E-state index is 14.5. The molecule has 0 amide bonds. The number of aliphatic hydroxyl groups is 1. The van der Waals surface area contributed by atoms with Gasteiger partial charge in [0.05, 0.1) is 35.1 Å². The van der Waals surface area contributed by atoms with Gasteiger partial charge in [-0.15, -0.1) is 0 Å². The van der Waals surface area contributed by atoms with Crippen LogP contribution in [0.4, 0.5) is 4.39 Å². The van der Waals surface area contributed by atoms with Crippen molar-refractivity contribution in [3.05, 3.63) is 61.7 Å². The second-order valence-electron chi connectivity index (χ2n) is 8.07. The molecule has 1 aromatic carbocycles. The molecular formula is C25H27FN2O4. The molecule has 0 radical (unpaired) electrons. The number of carbonyl (C=O) groups is 1. The van der Waals surface area contributed by atoms with E-state index in [1.54, 1.807) is 24.5 Å². The first kappa shape index (κ1) is 22.1. The Hall–Kier alpha value is -3.06. The fraction of sp³-hybridized carbons (Fsp3) is 0.400. The van der Waals surface area contributed by atoms with Gasteiger partial charge in [0, 0.05) is 17.0 Å². The Morgan fingerprint density at radius 3 is 2.66 bits per heavy atom. The van der Waals surface area contributed by atoms with Crippen molar-refractivity contribution in [2.75, 3.05) is 0 Å². The first-order valence-electron chi connectivity index (χ1n) is 11.1. The summed E-state index contributed by atoms with van der Waals surface area (Å²) < 4.78 is 21.0. The predicted molar refractivity (Wildman–Crippen MR) is 120 cm³/mol. The molecule has 0 saturated heterocycles. The summed E-state index contributed by atoms with van der Waals surface area (Å²) in [6.45, 7) is 7.82. The molecule has 1 aliphatic heterocycles. The molecule has 2 aromatic heterocycles. The number of aromatic nitrogens is 2. The molecule has 6 nitrogen and oxygen atoms in total. The Morgan fingerprint density at radius 2 is 1.97 bits per heavy atom. The summed E-state index contributed by atoms with van der Waals surface area (Å²) in [5.74, 6) is -0.265. The summed E-state index contributed by atoms with van der Waals surface area (Å²) in [6, 6.07) is 3.22. The highest BCUT2D eigenvalue weighted by atomic mass is 19.1. The number of halogens is 1. The van der Waals surface area contributed by atoms with E-state index < -0.39 is 6.10 Å².